The maximum atomic E-state index is 13.1. The summed E-state index contributed by atoms with van der Waals surface area (Å²) in [6.45, 7) is 0.960. The summed E-state index contributed by atoms with van der Waals surface area (Å²) in [6.07, 6.45) is -1.83. The largest absolute Gasteiger partial charge is 0.416 e. The van der Waals surface area contributed by atoms with Crippen molar-refractivity contribution in [1.82, 2.24) is 20.9 Å². The van der Waals surface area contributed by atoms with Crippen molar-refractivity contribution in [2.45, 2.75) is 30.9 Å². The second kappa shape index (κ2) is 8.30. The molecule has 0 atom stereocenters. The third kappa shape index (κ3) is 4.63. The summed E-state index contributed by atoms with van der Waals surface area (Å²) >= 11 is 0. The van der Waals surface area contributed by atoms with E-state index in [4.69, 9.17) is 0 Å². The second-order valence-electron chi connectivity index (χ2n) is 7.27. The molecule has 7 nitrogen and oxygen atoms in total. The number of rotatable bonds is 6. The van der Waals surface area contributed by atoms with Gasteiger partial charge in [0.25, 0.3) is 0 Å². The molecule has 1 heterocycles. The van der Waals surface area contributed by atoms with Crippen LogP contribution >= 0.6 is 0 Å². The van der Waals surface area contributed by atoms with Crippen molar-refractivity contribution in [2.24, 2.45) is 4.99 Å². The number of urea groups is 1. The van der Waals surface area contributed by atoms with E-state index in [0.29, 0.717) is 24.6 Å². The Labute approximate surface area is 166 Å². The first-order valence-corrected chi connectivity index (χ1v) is 9.46. The lowest BCUT2D eigenvalue weighted by molar-refractivity contribution is -0.137. The first kappa shape index (κ1) is 20.9. The van der Waals surface area contributed by atoms with Crippen LogP contribution in [0.25, 0.3) is 0 Å². The van der Waals surface area contributed by atoms with E-state index in [1.807, 2.05) is 0 Å². The van der Waals surface area contributed by atoms with E-state index in [0.717, 1.165) is 30.2 Å². The first-order valence-electron chi connectivity index (χ1n) is 9.46. The van der Waals surface area contributed by atoms with Crippen molar-refractivity contribution < 1.29 is 22.8 Å². The van der Waals surface area contributed by atoms with E-state index in [2.05, 4.69) is 20.9 Å². The number of nitrogens with zero attached hydrogens (tertiary/aromatic N) is 2. The number of aliphatic imine (C=N–C) groups is 1. The quantitative estimate of drug-likeness (QED) is 0.379. The molecular weight excluding hydrogens is 387 g/mol. The van der Waals surface area contributed by atoms with Gasteiger partial charge in [0.15, 0.2) is 5.96 Å². The number of amides is 3. The number of benzene rings is 1. The normalized spacial score (nSPS) is 19.0. The molecule has 0 spiro atoms. The van der Waals surface area contributed by atoms with E-state index < -0.39 is 17.8 Å². The Balaban J connectivity index is 1.58. The highest BCUT2D eigenvalue weighted by Crippen LogP contribution is 2.44. The van der Waals surface area contributed by atoms with Gasteiger partial charge in [-0.1, -0.05) is 24.6 Å². The van der Waals surface area contributed by atoms with E-state index in [-0.39, 0.29) is 24.4 Å². The van der Waals surface area contributed by atoms with Crippen molar-refractivity contribution in [2.75, 3.05) is 33.2 Å². The van der Waals surface area contributed by atoms with Gasteiger partial charge in [0.2, 0.25) is 5.91 Å². The van der Waals surface area contributed by atoms with Crippen molar-refractivity contribution in [3.05, 3.63) is 35.4 Å². The molecule has 1 saturated heterocycles. The number of halogens is 3. The van der Waals surface area contributed by atoms with Crippen LogP contribution in [-0.2, 0) is 16.4 Å². The molecule has 3 rings (SSSR count). The van der Waals surface area contributed by atoms with E-state index in [1.165, 1.54) is 12.1 Å². The average molecular weight is 411 g/mol. The monoisotopic (exact) mass is 411 g/mol. The standard InChI is InChI=1S/C19H24F3N5O2/c1-23-16(24-8-9-27-15(28)11-25-17(27)29)26-12-18(6-3-7-18)13-4-2-5-14(10-13)19(20,21)22/h2,4-5,10H,3,6-9,11-12H2,1H3,(H,25,29)(H2,23,24,26). The van der Waals surface area contributed by atoms with Crippen LogP contribution in [0.4, 0.5) is 18.0 Å². The third-order valence-corrected chi connectivity index (χ3v) is 5.50. The zero-order valence-corrected chi connectivity index (χ0v) is 16.1. The molecular formula is C19H24F3N5O2. The highest BCUT2D eigenvalue weighted by molar-refractivity contribution is 6.01. The van der Waals surface area contributed by atoms with Crippen LogP contribution in [0.3, 0.4) is 0 Å². The minimum atomic E-state index is -4.37. The summed E-state index contributed by atoms with van der Waals surface area (Å²) in [5.74, 6) is 0.188. The zero-order chi connectivity index (χ0) is 21.1. The number of imide groups is 1. The fraction of sp³-hybridized carbons (Fsp3) is 0.526. The van der Waals surface area contributed by atoms with Crippen LogP contribution in [0.15, 0.2) is 29.3 Å². The summed E-state index contributed by atoms with van der Waals surface area (Å²) in [4.78, 5) is 28.3. The minimum absolute atomic E-state index is 0.00527. The smallest absolute Gasteiger partial charge is 0.356 e. The Morgan fingerprint density at radius 1 is 1.28 bits per heavy atom. The second-order valence-corrected chi connectivity index (χ2v) is 7.27. The molecule has 3 amide bonds. The lowest BCUT2D eigenvalue weighted by atomic mass is 9.64. The van der Waals surface area contributed by atoms with E-state index >= 15 is 0 Å². The molecule has 2 fully saturated rings. The Morgan fingerprint density at radius 2 is 2.03 bits per heavy atom. The summed E-state index contributed by atoms with van der Waals surface area (Å²) in [5, 5.41) is 8.65. The van der Waals surface area contributed by atoms with Crippen molar-refractivity contribution >= 4 is 17.9 Å². The molecule has 1 aliphatic carbocycles. The number of alkyl halides is 3. The minimum Gasteiger partial charge on any atom is -0.356 e. The number of guanidine groups is 1. The molecule has 1 aromatic carbocycles. The number of hydrogen-bond donors (Lipinski definition) is 3. The van der Waals surface area contributed by atoms with Crippen LogP contribution in [-0.4, -0.2) is 56.0 Å². The SMILES string of the molecule is CN=C(NCCN1C(=O)CNC1=O)NCC1(c2cccc(C(F)(F)F)c2)CCC1. The molecule has 158 valence electrons. The van der Waals surface area contributed by atoms with Gasteiger partial charge in [-0.05, 0) is 24.5 Å². The predicted octanol–water partition coefficient (Wildman–Crippen LogP) is 1.84. The van der Waals surface area contributed by atoms with Gasteiger partial charge in [0, 0.05) is 32.1 Å². The van der Waals surface area contributed by atoms with Crippen LogP contribution in [0.5, 0.6) is 0 Å². The Morgan fingerprint density at radius 3 is 2.59 bits per heavy atom. The lowest BCUT2D eigenvalue weighted by Gasteiger charge is -2.43. The van der Waals surface area contributed by atoms with Crippen LogP contribution in [0.1, 0.15) is 30.4 Å². The Kier molecular flexibility index (Phi) is 5.99. The van der Waals surface area contributed by atoms with Gasteiger partial charge in [-0.25, -0.2) is 4.79 Å². The molecule has 1 aliphatic heterocycles. The summed E-state index contributed by atoms with van der Waals surface area (Å²) < 4.78 is 39.2. The summed E-state index contributed by atoms with van der Waals surface area (Å²) in [5.41, 5.74) is -0.345. The van der Waals surface area contributed by atoms with Gasteiger partial charge >= 0.3 is 12.2 Å². The molecule has 0 bridgehead atoms. The van der Waals surface area contributed by atoms with Gasteiger partial charge in [-0.3, -0.25) is 14.7 Å². The fourth-order valence-corrected chi connectivity index (χ4v) is 3.64. The summed E-state index contributed by atoms with van der Waals surface area (Å²) in [7, 11) is 1.58. The predicted molar refractivity (Wildman–Crippen MR) is 101 cm³/mol. The van der Waals surface area contributed by atoms with E-state index in [9.17, 15) is 22.8 Å². The average Bonchev–Trinajstić information content (AvgIpc) is 2.97. The summed E-state index contributed by atoms with van der Waals surface area (Å²) in [6, 6.07) is 5.08. The van der Waals surface area contributed by atoms with Gasteiger partial charge in [0.1, 0.15) is 0 Å². The molecule has 2 aliphatic rings. The third-order valence-electron chi connectivity index (χ3n) is 5.50. The number of carbonyl (C=O) groups excluding carboxylic acids is 2. The Bertz CT molecular complexity index is 789. The van der Waals surface area contributed by atoms with Gasteiger partial charge in [-0.2, -0.15) is 13.2 Å². The van der Waals surface area contributed by atoms with Gasteiger partial charge in [0.05, 0.1) is 12.1 Å². The molecule has 0 radical (unpaired) electrons. The van der Waals surface area contributed by atoms with Gasteiger partial charge < -0.3 is 16.0 Å². The number of hydrogen-bond acceptors (Lipinski definition) is 3. The van der Waals surface area contributed by atoms with E-state index in [1.54, 1.807) is 13.1 Å². The highest BCUT2D eigenvalue weighted by atomic mass is 19.4. The van der Waals surface area contributed by atoms with Crippen molar-refractivity contribution in [1.29, 1.82) is 0 Å². The highest BCUT2D eigenvalue weighted by Gasteiger charge is 2.40. The lowest BCUT2D eigenvalue weighted by Crippen LogP contribution is -2.50. The van der Waals surface area contributed by atoms with Crippen LogP contribution in [0, 0.1) is 0 Å². The van der Waals surface area contributed by atoms with Crippen molar-refractivity contribution in [3.63, 3.8) is 0 Å². The molecule has 1 aromatic rings. The molecule has 0 unspecified atom stereocenters. The van der Waals surface area contributed by atoms with Crippen molar-refractivity contribution in [3.8, 4) is 0 Å². The fourth-order valence-electron chi connectivity index (χ4n) is 3.64. The van der Waals surface area contributed by atoms with Gasteiger partial charge in [-0.15, -0.1) is 0 Å². The molecule has 1 saturated carbocycles. The topological polar surface area (TPSA) is 85.8 Å². The zero-order valence-electron chi connectivity index (χ0n) is 16.1. The first-order chi connectivity index (χ1) is 13.7. The number of nitrogens with one attached hydrogen (secondary N) is 3. The maximum absolute atomic E-state index is 13.1. The number of carbonyl (C=O) groups is 2. The maximum Gasteiger partial charge on any atom is 0.416 e. The molecule has 10 heteroatoms. The Hall–Kier alpha value is -2.78. The molecule has 0 aromatic heterocycles. The van der Waals surface area contributed by atoms with Crippen LogP contribution in [0.2, 0.25) is 0 Å². The molecule has 29 heavy (non-hydrogen) atoms. The van der Waals surface area contributed by atoms with Crippen LogP contribution < -0.4 is 16.0 Å². The molecule has 3 N–H and O–H groups in total.